The SMILES string of the molecule is Cn1cc(S(=O)(=O)N2CCCC2c2nc3ccc(F)cc3[nH]2)c(=O)n(C)c1=O. The molecule has 0 amide bonds. The van der Waals surface area contributed by atoms with Crippen molar-refractivity contribution in [3.63, 3.8) is 0 Å². The first-order valence-corrected chi connectivity index (χ1v) is 10.1. The third kappa shape index (κ3) is 2.78. The van der Waals surface area contributed by atoms with Gasteiger partial charge in [-0.25, -0.2) is 22.6 Å². The maximum atomic E-state index is 13.4. The summed E-state index contributed by atoms with van der Waals surface area (Å²) in [5.74, 6) is -0.0318. The molecule has 1 fully saturated rings. The molecule has 0 spiro atoms. The number of aromatic amines is 1. The molecule has 1 atom stereocenters. The van der Waals surface area contributed by atoms with Gasteiger partial charge in [0.2, 0.25) is 0 Å². The number of benzene rings is 1. The quantitative estimate of drug-likeness (QED) is 0.685. The highest BCUT2D eigenvalue weighted by Gasteiger charge is 2.39. The lowest BCUT2D eigenvalue weighted by Gasteiger charge is -2.22. The van der Waals surface area contributed by atoms with Gasteiger partial charge in [0.05, 0.1) is 17.1 Å². The number of imidazole rings is 1. The predicted molar refractivity (Wildman–Crippen MR) is 98.8 cm³/mol. The molecule has 4 rings (SSSR count). The van der Waals surface area contributed by atoms with Crippen LogP contribution in [-0.2, 0) is 24.1 Å². The van der Waals surface area contributed by atoms with Crippen LogP contribution in [0.2, 0.25) is 0 Å². The third-order valence-electron chi connectivity index (χ3n) is 4.98. The standard InChI is InChI=1S/C17H18FN5O4S/c1-21-9-14(16(24)22(2)17(21)25)28(26,27)23-7-3-4-13(23)15-19-11-6-5-10(18)8-12(11)20-15/h5-6,8-9,13H,3-4,7H2,1-2H3,(H,19,20). The normalized spacial score (nSPS) is 18.2. The minimum Gasteiger partial charge on any atom is -0.341 e. The van der Waals surface area contributed by atoms with Crippen LogP contribution < -0.4 is 11.2 Å². The number of halogens is 1. The van der Waals surface area contributed by atoms with Gasteiger partial charge in [-0.1, -0.05) is 0 Å². The van der Waals surface area contributed by atoms with Gasteiger partial charge in [-0.05, 0) is 31.0 Å². The summed E-state index contributed by atoms with van der Waals surface area (Å²) in [5, 5.41) is 0. The fourth-order valence-electron chi connectivity index (χ4n) is 3.54. The summed E-state index contributed by atoms with van der Waals surface area (Å²) in [6.45, 7) is 0.213. The molecule has 1 saturated heterocycles. The van der Waals surface area contributed by atoms with Gasteiger partial charge in [0.25, 0.3) is 15.6 Å². The largest absolute Gasteiger partial charge is 0.341 e. The lowest BCUT2D eigenvalue weighted by atomic mass is 10.2. The molecule has 1 aromatic carbocycles. The molecule has 0 radical (unpaired) electrons. The first-order valence-electron chi connectivity index (χ1n) is 8.64. The number of aromatic nitrogens is 4. The fourth-order valence-corrected chi connectivity index (χ4v) is 5.35. The lowest BCUT2D eigenvalue weighted by Crippen LogP contribution is -2.42. The van der Waals surface area contributed by atoms with Crippen LogP contribution in [0.15, 0.2) is 38.9 Å². The summed E-state index contributed by atoms with van der Waals surface area (Å²) in [6, 6.07) is 3.48. The molecule has 11 heteroatoms. The van der Waals surface area contributed by atoms with Crippen LogP contribution in [0, 0.1) is 5.82 Å². The number of H-pyrrole nitrogens is 1. The van der Waals surface area contributed by atoms with Crippen LogP contribution in [0.25, 0.3) is 11.0 Å². The zero-order valence-corrected chi connectivity index (χ0v) is 16.0. The van der Waals surface area contributed by atoms with Crippen LogP contribution in [-0.4, -0.2) is 38.4 Å². The molecule has 2 aromatic heterocycles. The maximum Gasteiger partial charge on any atom is 0.330 e. The Bertz CT molecular complexity index is 1310. The molecule has 0 saturated carbocycles. The number of nitrogens with zero attached hydrogens (tertiary/aromatic N) is 4. The summed E-state index contributed by atoms with van der Waals surface area (Å²) in [6.07, 6.45) is 2.14. The second kappa shape index (κ2) is 6.38. The van der Waals surface area contributed by atoms with E-state index in [-0.39, 0.29) is 6.54 Å². The Kier molecular flexibility index (Phi) is 4.23. The average molecular weight is 407 g/mol. The van der Waals surface area contributed by atoms with Crippen molar-refractivity contribution in [1.29, 1.82) is 0 Å². The number of fused-ring (bicyclic) bond motifs is 1. The van der Waals surface area contributed by atoms with Crippen molar-refractivity contribution in [3.05, 3.63) is 56.9 Å². The molecule has 0 bridgehead atoms. The molecule has 3 heterocycles. The van der Waals surface area contributed by atoms with E-state index in [9.17, 15) is 22.4 Å². The number of hydrogen-bond acceptors (Lipinski definition) is 5. The Morgan fingerprint density at radius 2 is 2.00 bits per heavy atom. The van der Waals surface area contributed by atoms with E-state index in [4.69, 9.17) is 0 Å². The number of sulfonamides is 1. The third-order valence-corrected chi connectivity index (χ3v) is 6.87. The van der Waals surface area contributed by atoms with E-state index < -0.39 is 38.0 Å². The van der Waals surface area contributed by atoms with Crippen molar-refractivity contribution in [2.75, 3.05) is 6.54 Å². The van der Waals surface area contributed by atoms with Crippen molar-refractivity contribution >= 4 is 21.1 Å². The lowest BCUT2D eigenvalue weighted by molar-refractivity contribution is 0.384. The zero-order chi connectivity index (χ0) is 20.2. The highest BCUT2D eigenvalue weighted by atomic mass is 32.2. The molecule has 148 valence electrons. The molecular formula is C17H18FN5O4S. The molecule has 1 unspecified atom stereocenters. The molecule has 1 aliphatic heterocycles. The van der Waals surface area contributed by atoms with Gasteiger partial charge in [0.1, 0.15) is 11.6 Å². The van der Waals surface area contributed by atoms with Gasteiger partial charge in [-0.3, -0.25) is 9.36 Å². The van der Waals surface area contributed by atoms with E-state index >= 15 is 0 Å². The molecule has 3 aromatic rings. The van der Waals surface area contributed by atoms with Gasteiger partial charge < -0.3 is 9.55 Å². The second-order valence-electron chi connectivity index (χ2n) is 6.81. The second-order valence-corrected chi connectivity index (χ2v) is 8.67. The Hall–Kier alpha value is -2.79. The minimum atomic E-state index is -4.17. The van der Waals surface area contributed by atoms with Gasteiger partial charge in [0, 0.05) is 26.8 Å². The number of hydrogen-bond donors (Lipinski definition) is 1. The van der Waals surface area contributed by atoms with E-state index in [2.05, 4.69) is 9.97 Å². The van der Waals surface area contributed by atoms with Crippen LogP contribution in [0.3, 0.4) is 0 Å². The van der Waals surface area contributed by atoms with Crippen molar-refractivity contribution in [1.82, 2.24) is 23.4 Å². The smallest absolute Gasteiger partial charge is 0.330 e. The molecule has 9 nitrogen and oxygen atoms in total. The summed E-state index contributed by atoms with van der Waals surface area (Å²) in [4.78, 5) is 31.2. The van der Waals surface area contributed by atoms with Crippen LogP contribution >= 0.6 is 0 Å². The Labute approximate surface area is 159 Å². The maximum absolute atomic E-state index is 13.4. The zero-order valence-electron chi connectivity index (χ0n) is 15.2. The van der Waals surface area contributed by atoms with E-state index in [1.54, 1.807) is 0 Å². The highest BCUT2D eigenvalue weighted by molar-refractivity contribution is 7.89. The van der Waals surface area contributed by atoms with Crippen molar-refractivity contribution in [2.24, 2.45) is 14.1 Å². The molecule has 0 aliphatic carbocycles. The summed E-state index contributed by atoms with van der Waals surface area (Å²) >= 11 is 0. The van der Waals surface area contributed by atoms with Crippen molar-refractivity contribution < 1.29 is 12.8 Å². The number of nitrogens with one attached hydrogen (secondary N) is 1. The summed E-state index contributed by atoms with van der Waals surface area (Å²) < 4.78 is 42.9. The highest BCUT2D eigenvalue weighted by Crippen LogP contribution is 2.35. The number of rotatable bonds is 3. The molecule has 1 aliphatic rings. The molecule has 28 heavy (non-hydrogen) atoms. The fraction of sp³-hybridized carbons (Fsp3) is 0.353. The Balaban J connectivity index is 1.81. The van der Waals surface area contributed by atoms with E-state index in [1.807, 2.05) is 0 Å². The predicted octanol–water partition coefficient (Wildman–Crippen LogP) is 0.625. The summed E-state index contributed by atoms with van der Waals surface area (Å²) in [7, 11) is -1.55. The van der Waals surface area contributed by atoms with E-state index in [0.717, 1.165) is 15.3 Å². The molecule has 1 N–H and O–H groups in total. The Morgan fingerprint density at radius 1 is 1.25 bits per heavy atom. The summed E-state index contributed by atoms with van der Waals surface area (Å²) in [5.41, 5.74) is -0.488. The first kappa shape index (κ1) is 18.6. The van der Waals surface area contributed by atoms with Crippen molar-refractivity contribution in [2.45, 2.75) is 23.8 Å². The first-order chi connectivity index (χ1) is 13.2. The number of aryl methyl sites for hydroxylation is 1. The van der Waals surface area contributed by atoms with Crippen LogP contribution in [0.1, 0.15) is 24.7 Å². The monoisotopic (exact) mass is 407 g/mol. The van der Waals surface area contributed by atoms with Crippen molar-refractivity contribution in [3.8, 4) is 0 Å². The topological polar surface area (TPSA) is 110 Å². The van der Waals surface area contributed by atoms with Gasteiger partial charge in [-0.2, -0.15) is 4.31 Å². The van der Waals surface area contributed by atoms with Gasteiger partial charge in [-0.15, -0.1) is 0 Å². The van der Waals surface area contributed by atoms with Gasteiger partial charge >= 0.3 is 5.69 Å². The van der Waals surface area contributed by atoms with Crippen LogP contribution in [0.5, 0.6) is 0 Å². The minimum absolute atomic E-state index is 0.213. The molecular weight excluding hydrogens is 389 g/mol. The van der Waals surface area contributed by atoms with E-state index in [1.165, 1.54) is 36.6 Å². The Morgan fingerprint density at radius 3 is 2.75 bits per heavy atom. The average Bonchev–Trinajstić information content (AvgIpc) is 3.29. The van der Waals surface area contributed by atoms with Crippen LogP contribution in [0.4, 0.5) is 4.39 Å². The van der Waals surface area contributed by atoms with E-state index in [0.29, 0.717) is 29.7 Å². The van der Waals surface area contributed by atoms with Gasteiger partial charge in [0.15, 0.2) is 4.90 Å².